The summed E-state index contributed by atoms with van der Waals surface area (Å²) in [5, 5.41) is 11.1. The van der Waals surface area contributed by atoms with Gasteiger partial charge in [0.25, 0.3) is 0 Å². The van der Waals surface area contributed by atoms with Crippen molar-refractivity contribution in [1.82, 2.24) is 15.5 Å². The highest BCUT2D eigenvalue weighted by molar-refractivity contribution is 5.89. The van der Waals surface area contributed by atoms with Crippen molar-refractivity contribution < 1.29 is 18.7 Å². The standard InChI is InChI=1S/C26H20FN3O3/c27-18-11-9-17(10-12-18)21-13-14-24(30-29-21)32-16-15-28-26(31)25-19-5-1-3-7-22(19)33-23-8-4-2-6-20(23)25/h1-14,25H,15-16H2,(H,28,31). The van der Waals surface area contributed by atoms with Crippen LogP contribution < -0.4 is 14.8 Å². The number of nitrogens with one attached hydrogen (secondary N) is 1. The lowest BCUT2D eigenvalue weighted by Gasteiger charge is -2.27. The van der Waals surface area contributed by atoms with Crippen molar-refractivity contribution in [3.63, 3.8) is 0 Å². The van der Waals surface area contributed by atoms with E-state index in [1.165, 1.54) is 12.1 Å². The molecule has 1 aliphatic heterocycles. The molecule has 0 aliphatic carbocycles. The number of amides is 1. The average molecular weight is 441 g/mol. The molecule has 0 saturated heterocycles. The number of ether oxygens (including phenoxy) is 2. The molecule has 1 aromatic heterocycles. The van der Waals surface area contributed by atoms with Gasteiger partial charge in [0, 0.05) is 22.8 Å². The fraction of sp³-hybridized carbons (Fsp3) is 0.115. The fourth-order valence-electron chi connectivity index (χ4n) is 3.80. The Labute approximate surface area is 190 Å². The number of hydrogen-bond acceptors (Lipinski definition) is 5. The second-order valence-corrected chi connectivity index (χ2v) is 7.51. The molecule has 4 aromatic rings. The van der Waals surface area contributed by atoms with E-state index in [-0.39, 0.29) is 18.3 Å². The molecule has 0 radical (unpaired) electrons. The summed E-state index contributed by atoms with van der Waals surface area (Å²) < 4.78 is 24.6. The summed E-state index contributed by atoms with van der Waals surface area (Å²) in [5.74, 6) is 0.826. The van der Waals surface area contributed by atoms with Gasteiger partial charge in [-0.2, -0.15) is 0 Å². The smallest absolute Gasteiger partial charge is 0.233 e. The monoisotopic (exact) mass is 441 g/mol. The molecule has 164 valence electrons. The van der Waals surface area contributed by atoms with E-state index in [1.807, 2.05) is 48.5 Å². The second kappa shape index (κ2) is 9.08. The maximum Gasteiger partial charge on any atom is 0.233 e. The molecule has 3 aromatic carbocycles. The predicted molar refractivity (Wildman–Crippen MR) is 121 cm³/mol. The molecule has 0 fully saturated rings. The van der Waals surface area contributed by atoms with Crippen molar-refractivity contribution in [1.29, 1.82) is 0 Å². The molecule has 0 spiro atoms. The van der Waals surface area contributed by atoms with E-state index in [2.05, 4.69) is 15.5 Å². The van der Waals surface area contributed by atoms with Gasteiger partial charge in [-0.3, -0.25) is 4.79 Å². The second-order valence-electron chi connectivity index (χ2n) is 7.51. The zero-order valence-electron chi connectivity index (χ0n) is 17.6. The number of carbonyl (C=O) groups is 1. The molecule has 0 bridgehead atoms. The summed E-state index contributed by atoms with van der Waals surface area (Å²) in [5.41, 5.74) is 3.04. The van der Waals surface area contributed by atoms with Crippen LogP contribution >= 0.6 is 0 Å². The molecule has 1 amide bonds. The summed E-state index contributed by atoms with van der Waals surface area (Å²) in [7, 11) is 0. The quantitative estimate of drug-likeness (QED) is 0.439. The van der Waals surface area contributed by atoms with Gasteiger partial charge in [-0.1, -0.05) is 36.4 Å². The molecule has 2 heterocycles. The van der Waals surface area contributed by atoms with Gasteiger partial charge >= 0.3 is 0 Å². The molecular weight excluding hydrogens is 421 g/mol. The van der Waals surface area contributed by atoms with Gasteiger partial charge in [0.2, 0.25) is 11.8 Å². The number of fused-ring (bicyclic) bond motifs is 2. The maximum absolute atomic E-state index is 13.1. The molecule has 1 aliphatic rings. The van der Waals surface area contributed by atoms with Crippen molar-refractivity contribution in [2.75, 3.05) is 13.2 Å². The third kappa shape index (κ3) is 4.39. The van der Waals surface area contributed by atoms with Gasteiger partial charge in [0.15, 0.2) is 0 Å². The summed E-state index contributed by atoms with van der Waals surface area (Å²) in [4.78, 5) is 13.1. The van der Waals surface area contributed by atoms with Crippen LogP contribution in [0.1, 0.15) is 17.0 Å². The van der Waals surface area contributed by atoms with Gasteiger partial charge < -0.3 is 14.8 Å². The van der Waals surface area contributed by atoms with Crippen LogP contribution in [0.25, 0.3) is 11.3 Å². The van der Waals surface area contributed by atoms with E-state index in [0.717, 1.165) is 16.7 Å². The number of para-hydroxylation sites is 2. The van der Waals surface area contributed by atoms with Crippen LogP contribution in [-0.4, -0.2) is 29.3 Å². The van der Waals surface area contributed by atoms with Crippen molar-refractivity contribution in [2.24, 2.45) is 0 Å². The topological polar surface area (TPSA) is 73.3 Å². The molecule has 33 heavy (non-hydrogen) atoms. The zero-order chi connectivity index (χ0) is 22.6. The third-order valence-electron chi connectivity index (χ3n) is 5.37. The predicted octanol–water partition coefficient (Wildman–Crippen LogP) is 4.72. The summed E-state index contributed by atoms with van der Waals surface area (Å²) in [6.45, 7) is 0.546. The lowest BCUT2D eigenvalue weighted by Crippen LogP contribution is -2.34. The molecular formula is C26H20FN3O3. The molecule has 7 heteroatoms. The first kappa shape index (κ1) is 20.6. The van der Waals surface area contributed by atoms with Gasteiger partial charge in [-0.05, 0) is 42.5 Å². The first-order valence-corrected chi connectivity index (χ1v) is 10.5. The van der Waals surface area contributed by atoms with E-state index in [0.29, 0.717) is 29.6 Å². The minimum Gasteiger partial charge on any atom is -0.475 e. The van der Waals surface area contributed by atoms with Gasteiger partial charge in [-0.15, -0.1) is 10.2 Å². The van der Waals surface area contributed by atoms with Gasteiger partial charge in [-0.25, -0.2) is 4.39 Å². The normalized spacial score (nSPS) is 12.3. The van der Waals surface area contributed by atoms with Crippen molar-refractivity contribution in [3.8, 4) is 28.6 Å². The van der Waals surface area contributed by atoms with Crippen LogP contribution in [0, 0.1) is 5.82 Å². The molecule has 5 rings (SSSR count). The first-order chi connectivity index (χ1) is 16.2. The van der Waals surface area contributed by atoms with Crippen LogP contribution in [0.5, 0.6) is 17.4 Å². The third-order valence-corrected chi connectivity index (χ3v) is 5.37. The number of aromatic nitrogens is 2. The van der Waals surface area contributed by atoms with Crippen LogP contribution in [-0.2, 0) is 4.79 Å². The largest absolute Gasteiger partial charge is 0.475 e. The van der Waals surface area contributed by atoms with Crippen molar-refractivity contribution in [2.45, 2.75) is 5.92 Å². The summed E-state index contributed by atoms with van der Waals surface area (Å²) in [6, 6.07) is 24.6. The number of halogens is 1. The molecule has 0 unspecified atom stereocenters. The van der Waals surface area contributed by atoms with E-state index in [9.17, 15) is 9.18 Å². The Morgan fingerprint density at radius 2 is 1.55 bits per heavy atom. The SMILES string of the molecule is O=C(NCCOc1ccc(-c2ccc(F)cc2)nn1)C1c2ccccc2Oc2ccccc21. The Morgan fingerprint density at radius 1 is 0.879 bits per heavy atom. The van der Waals surface area contributed by atoms with E-state index in [4.69, 9.17) is 9.47 Å². The number of benzene rings is 3. The fourth-order valence-corrected chi connectivity index (χ4v) is 3.80. The Hall–Kier alpha value is -4.26. The highest BCUT2D eigenvalue weighted by Crippen LogP contribution is 2.43. The summed E-state index contributed by atoms with van der Waals surface area (Å²) in [6.07, 6.45) is 0. The van der Waals surface area contributed by atoms with E-state index >= 15 is 0 Å². The minimum absolute atomic E-state index is 0.125. The Bertz CT molecular complexity index is 1230. The molecule has 0 saturated carbocycles. The molecule has 0 atom stereocenters. The summed E-state index contributed by atoms with van der Waals surface area (Å²) >= 11 is 0. The molecule has 6 nitrogen and oxygen atoms in total. The highest BCUT2D eigenvalue weighted by Gasteiger charge is 2.32. The Kier molecular flexibility index (Phi) is 5.68. The van der Waals surface area contributed by atoms with Crippen molar-refractivity contribution in [3.05, 3.63) is 102 Å². The van der Waals surface area contributed by atoms with Crippen molar-refractivity contribution >= 4 is 5.91 Å². The lowest BCUT2D eigenvalue weighted by atomic mass is 9.87. The highest BCUT2D eigenvalue weighted by atomic mass is 19.1. The van der Waals surface area contributed by atoms with E-state index < -0.39 is 5.92 Å². The van der Waals surface area contributed by atoms with Crippen LogP contribution in [0.3, 0.4) is 0 Å². The lowest BCUT2D eigenvalue weighted by molar-refractivity contribution is -0.121. The van der Waals surface area contributed by atoms with Gasteiger partial charge in [0.1, 0.15) is 23.9 Å². The molecule has 1 N–H and O–H groups in total. The number of carbonyl (C=O) groups excluding carboxylic acids is 1. The number of hydrogen-bond donors (Lipinski definition) is 1. The van der Waals surface area contributed by atoms with Crippen LogP contribution in [0.15, 0.2) is 84.9 Å². The Balaban J connectivity index is 1.20. The van der Waals surface area contributed by atoms with Gasteiger partial charge in [0.05, 0.1) is 18.2 Å². The zero-order valence-corrected chi connectivity index (χ0v) is 17.6. The van der Waals surface area contributed by atoms with Crippen LogP contribution in [0.2, 0.25) is 0 Å². The Morgan fingerprint density at radius 3 is 2.18 bits per heavy atom. The minimum atomic E-state index is -0.457. The average Bonchev–Trinajstić information content (AvgIpc) is 2.86. The number of nitrogens with zero attached hydrogens (tertiary/aromatic N) is 2. The van der Waals surface area contributed by atoms with E-state index in [1.54, 1.807) is 24.3 Å². The van der Waals surface area contributed by atoms with Crippen LogP contribution in [0.4, 0.5) is 4.39 Å². The first-order valence-electron chi connectivity index (χ1n) is 10.5. The maximum atomic E-state index is 13.1. The number of rotatable bonds is 6.